The Labute approximate surface area is 138 Å². The maximum Gasteiger partial charge on any atom is 0.237 e. The lowest BCUT2D eigenvalue weighted by Gasteiger charge is -2.33. The number of likely N-dealkylation sites (tertiary alicyclic amines) is 1. The number of nitrogens with zero attached hydrogens (tertiary/aromatic N) is 3. The first kappa shape index (κ1) is 16.5. The molecule has 1 amide bonds. The Hall–Kier alpha value is -1.40. The molecule has 2 fully saturated rings. The molecule has 2 aliphatic rings. The minimum atomic E-state index is 0.0396. The van der Waals surface area contributed by atoms with E-state index in [1.54, 1.807) is 0 Å². The molecule has 2 N–H and O–H groups in total. The Morgan fingerprint density at radius 1 is 1.39 bits per heavy atom. The van der Waals surface area contributed by atoms with Gasteiger partial charge in [0.2, 0.25) is 5.91 Å². The van der Waals surface area contributed by atoms with Crippen molar-refractivity contribution in [2.24, 2.45) is 5.92 Å². The number of carbonyl (C=O) groups is 1. The molecule has 2 atom stereocenters. The molecule has 0 bridgehead atoms. The Kier molecular flexibility index (Phi) is 5.67. The zero-order chi connectivity index (χ0) is 16.1. The van der Waals surface area contributed by atoms with Crippen LogP contribution < -0.4 is 10.6 Å². The number of carbonyl (C=O) groups excluding carboxylic acids is 1. The number of hydrogen-bond acceptors (Lipinski definition) is 4. The average molecular weight is 319 g/mol. The van der Waals surface area contributed by atoms with Crippen molar-refractivity contribution in [3.8, 4) is 0 Å². The summed E-state index contributed by atoms with van der Waals surface area (Å²) >= 11 is 0. The van der Waals surface area contributed by atoms with Crippen LogP contribution in [-0.2, 0) is 11.3 Å². The summed E-state index contributed by atoms with van der Waals surface area (Å²) in [5.41, 5.74) is 1.21. The van der Waals surface area contributed by atoms with E-state index in [2.05, 4.69) is 33.8 Å². The summed E-state index contributed by atoms with van der Waals surface area (Å²) in [6.45, 7) is 8.08. The first-order valence-electron chi connectivity index (χ1n) is 8.93. The lowest BCUT2D eigenvalue weighted by atomic mass is 9.98. The fourth-order valence-corrected chi connectivity index (χ4v) is 3.63. The van der Waals surface area contributed by atoms with E-state index in [-0.39, 0.29) is 11.9 Å². The van der Waals surface area contributed by atoms with Gasteiger partial charge < -0.3 is 15.5 Å². The average Bonchev–Trinajstić information content (AvgIpc) is 3.23. The highest BCUT2D eigenvalue weighted by atomic mass is 16.2. The van der Waals surface area contributed by atoms with Crippen LogP contribution in [0.1, 0.15) is 31.2 Å². The molecule has 128 valence electrons. The number of aromatic nitrogens is 2. The summed E-state index contributed by atoms with van der Waals surface area (Å²) in [4.78, 5) is 14.6. The van der Waals surface area contributed by atoms with E-state index in [4.69, 9.17) is 0 Å². The molecular formula is C17H29N5O. The molecule has 0 saturated carbocycles. The van der Waals surface area contributed by atoms with Gasteiger partial charge in [0.1, 0.15) is 0 Å². The van der Waals surface area contributed by atoms with Gasteiger partial charge >= 0.3 is 0 Å². The third kappa shape index (κ3) is 4.78. The van der Waals surface area contributed by atoms with Gasteiger partial charge in [-0.25, -0.2) is 0 Å². The standard InChI is InChI=1S/C17H29N5O/c1-14-10-20-22(12-14)9-8-21-7-3-4-15(13-21)11-19-17(23)16-5-2-6-18-16/h10,12,15-16,18H,2-9,11,13H2,1H3,(H,19,23). The Morgan fingerprint density at radius 2 is 2.30 bits per heavy atom. The molecule has 6 heteroatoms. The molecule has 3 rings (SSSR count). The highest BCUT2D eigenvalue weighted by molar-refractivity contribution is 5.81. The van der Waals surface area contributed by atoms with Gasteiger partial charge in [0.05, 0.1) is 18.8 Å². The Morgan fingerprint density at radius 3 is 3.04 bits per heavy atom. The number of amides is 1. The van der Waals surface area contributed by atoms with Gasteiger partial charge in [0.25, 0.3) is 0 Å². The molecule has 2 unspecified atom stereocenters. The van der Waals surface area contributed by atoms with E-state index in [1.807, 2.05) is 10.9 Å². The van der Waals surface area contributed by atoms with Gasteiger partial charge in [0, 0.05) is 25.8 Å². The highest BCUT2D eigenvalue weighted by Gasteiger charge is 2.24. The fraction of sp³-hybridized carbons (Fsp3) is 0.765. The molecule has 2 saturated heterocycles. The van der Waals surface area contributed by atoms with Crippen LogP contribution in [0, 0.1) is 12.8 Å². The SMILES string of the molecule is Cc1cnn(CCN2CCCC(CNC(=O)C3CCCN3)C2)c1. The van der Waals surface area contributed by atoms with E-state index < -0.39 is 0 Å². The van der Waals surface area contributed by atoms with Gasteiger partial charge in [-0.2, -0.15) is 5.10 Å². The largest absolute Gasteiger partial charge is 0.354 e. The lowest BCUT2D eigenvalue weighted by Crippen LogP contribution is -2.46. The molecule has 0 radical (unpaired) electrons. The van der Waals surface area contributed by atoms with Crippen LogP contribution in [0.4, 0.5) is 0 Å². The highest BCUT2D eigenvalue weighted by Crippen LogP contribution is 2.16. The molecule has 0 aliphatic carbocycles. The molecule has 3 heterocycles. The van der Waals surface area contributed by atoms with Crippen molar-refractivity contribution in [2.75, 3.05) is 32.7 Å². The minimum Gasteiger partial charge on any atom is -0.354 e. The number of piperidine rings is 1. The third-order valence-electron chi connectivity index (χ3n) is 4.95. The van der Waals surface area contributed by atoms with Gasteiger partial charge in [-0.15, -0.1) is 0 Å². The van der Waals surface area contributed by atoms with Gasteiger partial charge in [-0.1, -0.05) is 0 Å². The topological polar surface area (TPSA) is 62.2 Å². The van der Waals surface area contributed by atoms with E-state index >= 15 is 0 Å². The fourth-order valence-electron chi connectivity index (χ4n) is 3.63. The molecular weight excluding hydrogens is 290 g/mol. The van der Waals surface area contributed by atoms with Gasteiger partial charge in [0.15, 0.2) is 0 Å². The smallest absolute Gasteiger partial charge is 0.237 e. The van der Waals surface area contributed by atoms with Crippen LogP contribution in [-0.4, -0.2) is 59.4 Å². The number of nitrogens with one attached hydrogen (secondary N) is 2. The summed E-state index contributed by atoms with van der Waals surface area (Å²) in [7, 11) is 0. The van der Waals surface area contributed by atoms with Crippen molar-refractivity contribution >= 4 is 5.91 Å². The Balaban J connectivity index is 1.38. The van der Waals surface area contributed by atoms with Crippen molar-refractivity contribution in [1.82, 2.24) is 25.3 Å². The van der Waals surface area contributed by atoms with Crippen molar-refractivity contribution < 1.29 is 4.79 Å². The molecule has 2 aliphatic heterocycles. The summed E-state index contributed by atoms with van der Waals surface area (Å²) in [6.07, 6.45) is 8.53. The molecule has 6 nitrogen and oxygen atoms in total. The second-order valence-corrected chi connectivity index (χ2v) is 6.98. The van der Waals surface area contributed by atoms with Crippen LogP contribution in [0.15, 0.2) is 12.4 Å². The van der Waals surface area contributed by atoms with Crippen LogP contribution in [0.5, 0.6) is 0 Å². The molecule has 0 spiro atoms. The van der Waals surface area contributed by atoms with Gasteiger partial charge in [-0.05, 0) is 57.2 Å². The summed E-state index contributed by atoms with van der Waals surface area (Å²) in [5, 5.41) is 10.8. The molecule has 1 aromatic rings. The third-order valence-corrected chi connectivity index (χ3v) is 4.95. The predicted molar refractivity (Wildman–Crippen MR) is 90.2 cm³/mol. The Bertz CT molecular complexity index is 509. The normalized spacial score (nSPS) is 25.6. The number of aryl methyl sites for hydroxylation is 1. The maximum atomic E-state index is 12.1. The van der Waals surface area contributed by atoms with Crippen LogP contribution in [0.25, 0.3) is 0 Å². The van der Waals surface area contributed by atoms with Crippen LogP contribution in [0.2, 0.25) is 0 Å². The minimum absolute atomic E-state index is 0.0396. The maximum absolute atomic E-state index is 12.1. The van der Waals surface area contributed by atoms with Crippen molar-refractivity contribution in [2.45, 2.75) is 45.2 Å². The quantitative estimate of drug-likeness (QED) is 0.813. The monoisotopic (exact) mass is 319 g/mol. The lowest BCUT2D eigenvalue weighted by molar-refractivity contribution is -0.123. The summed E-state index contributed by atoms with van der Waals surface area (Å²) < 4.78 is 2.02. The first-order chi connectivity index (χ1) is 11.2. The number of rotatable bonds is 6. The predicted octanol–water partition coefficient (Wildman–Crippen LogP) is 0.772. The molecule has 1 aromatic heterocycles. The van der Waals surface area contributed by atoms with E-state index in [1.165, 1.54) is 18.4 Å². The first-order valence-corrected chi connectivity index (χ1v) is 8.93. The van der Waals surface area contributed by atoms with Crippen molar-refractivity contribution in [3.05, 3.63) is 18.0 Å². The zero-order valence-corrected chi connectivity index (χ0v) is 14.1. The number of hydrogen-bond donors (Lipinski definition) is 2. The van der Waals surface area contributed by atoms with E-state index in [0.717, 1.165) is 52.1 Å². The summed E-state index contributed by atoms with van der Waals surface area (Å²) in [5.74, 6) is 0.764. The van der Waals surface area contributed by atoms with Crippen molar-refractivity contribution in [3.63, 3.8) is 0 Å². The molecule has 0 aromatic carbocycles. The van der Waals surface area contributed by atoms with Crippen LogP contribution in [0.3, 0.4) is 0 Å². The molecule has 23 heavy (non-hydrogen) atoms. The zero-order valence-electron chi connectivity index (χ0n) is 14.1. The second kappa shape index (κ2) is 7.93. The van der Waals surface area contributed by atoms with Crippen molar-refractivity contribution in [1.29, 1.82) is 0 Å². The van der Waals surface area contributed by atoms with Crippen LogP contribution >= 0.6 is 0 Å². The van der Waals surface area contributed by atoms with Gasteiger partial charge in [-0.3, -0.25) is 9.48 Å². The van der Waals surface area contributed by atoms with E-state index in [9.17, 15) is 4.79 Å². The second-order valence-electron chi connectivity index (χ2n) is 6.98. The van der Waals surface area contributed by atoms with E-state index in [0.29, 0.717) is 5.92 Å². The summed E-state index contributed by atoms with van der Waals surface area (Å²) in [6, 6.07) is 0.0396.